The molecule has 1 heteroatoms. The van der Waals surface area contributed by atoms with Crippen LogP contribution in [-0.2, 0) is 0 Å². The van der Waals surface area contributed by atoms with Gasteiger partial charge in [-0.3, -0.25) is 0 Å². The molecule has 0 atom stereocenters. The van der Waals surface area contributed by atoms with Crippen molar-refractivity contribution in [2.24, 2.45) is 5.41 Å². The molecular weight excluding hydrogens is 134 g/mol. The second kappa shape index (κ2) is 3.78. The lowest BCUT2D eigenvalue weighted by molar-refractivity contribution is 0.432. The zero-order valence-corrected chi connectivity index (χ0v) is 7.32. The van der Waals surface area contributed by atoms with E-state index in [2.05, 4.69) is 18.2 Å². The highest BCUT2D eigenvalue weighted by atomic mass is 14.9. The average Bonchev–Trinajstić information content (AvgIpc) is 2.71. The molecule has 1 N–H and O–H groups in total. The third-order valence-corrected chi connectivity index (χ3v) is 2.46. The molecule has 0 saturated heterocycles. The molecule has 1 fully saturated rings. The Morgan fingerprint density at radius 2 is 2.27 bits per heavy atom. The molecule has 0 aromatic heterocycles. The zero-order valence-electron chi connectivity index (χ0n) is 7.32. The summed E-state index contributed by atoms with van der Waals surface area (Å²) in [4.78, 5) is 0. The molecule has 1 aliphatic carbocycles. The van der Waals surface area contributed by atoms with E-state index in [1.54, 1.807) is 0 Å². The van der Waals surface area contributed by atoms with Gasteiger partial charge in [-0.25, -0.2) is 0 Å². The highest BCUT2D eigenvalue weighted by Crippen LogP contribution is 2.48. The van der Waals surface area contributed by atoms with Crippen molar-refractivity contribution in [3.63, 3.8) is 0 Å². The van der Waals surface area contributed by atoms with E-state index in [1.807, 2.05) is 0 Å². The first-order valence-electron chi connectivity index (χ1n) is 4.47. The van der Waals surface area contributed by atoms with Gasteiger partial charge in [-0.15, -0.1) is 6.42 Å². The summed E-state index contributed by atoms with van der Waals surface area (Å²) >= 11 is 0. The molecule has 1 nitrogen and oxygen atoms in total. The molecule has 1 rings (SSSR count). The molecule has 0 aromatic carbocycles. The molecule has 1 aliphatic rings. The smallest absolute Gasteiger partial charge is 0.0574 e. The van der Waals surface area contributed by atoms with Gasteiger partial charge in [0, 0.05) is 6.54 Å². The number of rotatable bonds is 5. The van der Waals surface area contributed by atoms with Gasteiger partial charge in [0.05, 0.1) is 6.54 Å². The fourth-order valence-electron chi connectivity index (χ4n) is 1.62. The van der Waals surface area contributed by atoms with Crippen LogP contribution in [-0.4, -0.2) is 13.1 Å². The third kappa shape index (κ3) is 2.55. The van der Waals surface area contributed by atoms with Gasteiger partial charge in [0.2, 0.25) is 0 Å². The standard InChI is InChI=1S/C10H17N/c1-3-5-10(6-7-10)9-11-8-4-2/h2,11H,3,5-9H2,1H3. The summed E-state index contributed by atoms with van der Waals surface area (Å²) in [5.74, 6) is 2.60. The van der Waals surface area contributed by atoms with Crippen LogP contribution in [0.5, 0.6) is 0 Å². The Balaban J connectivity index is 2.10. The summed E-state index contributed by atoms with van der Waals surface area (Å²) in [6.45, 7) is 4.11. The second-order valence-corrected chi connectivity index (χ2v) is 3.56. The summed E-state index contributed by atoms with van der Waals surface area (Å²) in [5.41, 5.74) is 0.644. The van der Waals surface area contributed by atoms with Gasteiger partial charge in [-0.2, -0.15) is 0 Å². The van der Waals surface area contributed by atoms with E-state index in [1.165, 1.54) is 25.7 Å². The van der Waals surface area contributed by atoms with Gasteiger partial charge < -0.3 is 5.32 Å². The first-order chi connectivity index (χ1) is 5.33. The van der Waals surface area contributed by atoms with E-state index in [0.717, 1.165) is 13.1 Å². The van der Waals surface area contributed by atoms with Crippen molar-refractivity contribution in [2.45, 2.75) is 32.6 Å². The molecule has 0 radical (unpaired) electrons. The second-order valence-electron chi connectivity index (χ2n) is 3.56. The van der Waals surface area contributed by atoms with E-state index in [4.69, 9.17) is 6.42 Å². The van der Waals surface area contributed by atoms with Crippen LogP contribution in [0.4, 0.5) is 0 Å². The van der Waals surface area contributed by atoms with Gasteiger partial charge in [0.15, 0.2) is 0 Å². The fraction of sp³-hybridized carbons (Fsp3) is 0.800. The molecule has 0 spiro atoms. The molecule has 0 unspecified atom stereocenters. The van der Waals surface area contributed by atoms with E-state index in [0.29, 0.717) is 5.41 Å². The number of nitrogens with one attached hydrogen (secondary N) is 1. The van der Waals surface area contributed by atoms with Gasteiger partial charge in [0.25, 0.3) is 0 Å². The van der Waals surface area contributed by atoms with Crippen molar-refractivity contribution in [2.75, 3.05) is 13.1 Å². The van der Waals surface area contributed by atoms with Crippen LogP contribution in [0.3, 0.4) is 0 Å². The summed E-state index contributed by atoms with van der Waals surface area (Å²) in [6.07, 6.45) is 10.6. The summed E-state index contributed by atoms with van der Waals surface area (Å²) in [7, 11) is 0. The zero-order chi connectivity index (χ0) is 8.16. The quantitative estimate of drug-likeness (QED) is 0.466. The Kier molecular flexibility index (Phi) is 2.96. The predicted octanol–water partition coefficient (Wildman–Crippen LogP) is 1.79. The van der Waals surface area contributed by atoms with Crippen LogP contribution in [0, 0.1) is 17.8 Å². The van der Waals surface area contributed by atoms with Crippen LogP contribution in [0.1, 0.15) is 32.6 Å². The maximum absolute atomic E-state index is 5.14. The van der Waals surface area contributed by atoms with Gasteiger partial charge in [0.1, 0.15) is 0 Å². The van der Waals surface area contributed by atoms with E-state index >= 15 is 0 Å². The Hall–Kier alpha value is -0.480. The Bertz CT molecular complexity index is 151. The maximum Gasteiger partial charge on any atom is 0.0574 e. The molecule has 0 aliphatic heterocycles. The van der Waals surface area contributed by atoms with Gasteiger partial charge >= 0.3 is 0 Å². The van der Waals surface area contributed by atoms with E-state index in [9.17, 15) is 0 Å². The summed E-state index contributed by atoms with van der Waals surface area (Å²) in [5, 5.41) is 3.29. The lowest BCUT2D eigenvalue weighted by Crippen LogP contribution is -2.24. The van der Waals surface area contributed by atoms with Crippen molar-refractivity contribution in [3.05, 3.63) is 0 Å². The van der Waals surface area contributed by atoms with E-state index < -0.39 is 0 Å². The highest BCUT2D eigenvalue weighted by Gasteiger charge is 2.40. The monoisotopic (exact) mass is 151 g/mol. The number of hydrogen-bond donors (Lipinski definition) is 1. The minimum Gasteiger partial charge on any atom is -0.306 e. The third-order valence-electron chi connectivity index (χ3n) is 2.46. The van der Waals surface area contributed by atoms with Crippen molar-refractivity contribution in [3.8, 4) is 12.3 Å². The molecular formula is C10H17N. The number of terminal acetylenes is 1. The molecule has 0 heterocycles. The Labute approximate surface area is 69.6 Å². The summed E-state index contributed by atoms with van der Waals surface area (Å²) < 4.78 is 0. The highest BCUT2D eigenvalue weighted by molar-refractivity contribution is 4.96. The van der Waals surface area contributed by atoms with Crippen molar-refractivity contribution >= 4 is 0 Å². The summed E-state index contributed by atoms with van der Waals surface area (Å²) in [6, 6.07) is 0. The van der Waals surface area contributed by atoms with Crippen molar-refractivity contribution < 1.29 is 0 Å². The van der Waals surface area contributed by atoms with E-state index in [-0.39, 0.29) is 0 Å². The average molecular weight is 151 g/mol. The SMILES string of the molecule is C#CCNCC1(CCC)CC1. The van der Waals surface area contributed by atoms with Crippen LogP contribution >= 0.6 is 0 Å². The van der Waals surface area contributed by atoms with Crippen molar-refractivity contribution in [1.82, 2.24) is 5.32 Å². The van der Waals surface area contributed by atoms with Crippen molar-refractivity contribution in [1.29, 1.82) is 0 Å². The first-order valence-corrected chi connectivity index (χ1v) is 4.47. The molecule has 0 aromatic rings. The van der Waals surface area contributed by atoms with Crippen LogP contribution in [0.25, 0.3) is 0 Å². The normalized spacial score (nSPS) is 19.3. The Morgan fingerprint density at radius 1 is 1.55 bits per heavy atom. The minimum atomic E-state index is 0.644. The lowest BCUT2D eigenvalue weighted by atomic mass is 10.0. The van der Waals surface area contributed by atoms with Gasteiger partial charge in [-0.1, -0.05) is 19.3 Å². The first kappa shape index (κ1) is 8.62. The Morgan fingerprint density at radius 3 is 2.73 bits per heavy atom. The lowest BCUT2D eigenvalue weighted by Gasteiger charge is -2.12. The molecule has 62 valence electrons. The molecule has 0 amide bonds. The predicted molar refractivity (Wildman–Crippen MR) is 48.3 cm³/mol. The van der Waals surface area contributed by atoms with Crippen LogP contribution in [0.15, 0.2) is 0 Å². The molecule has 1 saturated carbocycles. The number of hydrogen-bond acceptors (Lipinski definition) is 1. The largest absolute Gasteiger partial charge is 0.306 e. The molecule has 11 heavy (non-hydrogen) atoms. The topological polar surface area (TPSA) is 12.0 Å². The molecule has 0 bridgehead atoms. The minimum absolute atomic E-state index is 0.644. The van der Waals surface area contributed by atoms with Gasteiger partial charge in [-0.05, 0) is 24.7 Å². The van der Waals surface area contributed by atoms with Crippen LogP contribution in [0.2, 0.25) is 0 Å². The maximum atomic E-state index is 5.14. The fourth-order valence-corrected chi connectivity index (χ4v) is 1.62. The van der Waals surface area contributed by atoms with Crippen LogP contribution < -0.4 is 5.32 Å².